The fourth-order valence-corrected chi connectivity index (χ4v) is 4.55. The van der Waals surface area contributed by atoms with E-state index in [2.05, 4.69) is 13.8 Å². The molecule has 3 rings (SSSR count). The normalized spacial score (nSPS) is 16.5. The second-order valence-corrected chi connectivity index (χ2v) is 8.89. The quantitative estimate of drug-likeness (QED) is 0.196. The molecule has 1 unspecified atom stereocenters. The number of unbranched alkanes of at least 4 members (excludes halogenated alkanes) is 1. The molecule has 1 aliphatic heterocycles. The molecule has 0 radical (unpaired) electrons. The van der Waals surface area contributed by atoms with Gasteiger partial charge in [-0.15, -0.1) is 0 Å². The Morgan fingerprint density at radius 1 is 1.23 bits per heavy atom. The van der Waals surface area contributed by atoms with Crippen LogP contribution in [0.1, 0.15) is 45.3 Å². The zero-order valence-corrected chi connectivity index (χ0v) is 18.6. The van der Waals surface area contributed by atoms with Crippen molar-refractivity contribution in [3.05, 3.63) is 57.2 Å². The van der Waals surface area contributed by atoms with Crippen molar-refractivity contribution >= 4 is 46.0 Å². The van der Waals surface area contributed by atoms with E-state index in [9.17, 15) is 14.9 Å². The number of rotatable bonds is 9. The van der Waals surface area contributed by atoms with Gasteiger partial charge in [0.2, 0.25) is 0 Å². The standard InChI is InChI=1S/C22H24N2O4S2/c1-3-5-6-15(4-2)14-23-21(25)20(30-22(23)29)13-18-11-12-19(28-18)16-7-9-17(10-8-16)24(26)27/h7-13,15H,3-6,14H2,1-2H3/b20-13-. The molecule has 158 valence electrons. The average molecular weight is 445 g/mol. The first-order valence-electron chi connectivity index (χ1n) is 10.0. The molecular formula is C22H24N2O4S2. The molecule has 2 heterocycles. The largest absolute Gasteiger partial charge is 0.457 e. The number of carbonyl (C=O) groups is 1. The zero-order chi connectivity index (χ0) is 21.7. The number of hydrogen-bond donors (Lipinski definition) is 0. The molecule has 1 fully saturated rings. The first-order chi connectivity index (χ1) is 14.4. The predicted molar refractivity (Wildman–Crippen MR) is 124 cm³/mol. The second-order valence-electron chi connectivity index (χ2n) is 7.21. The number of furan rings is 1. The van der Waals surface area contributed by atoms with Crippen LogP contribution in [0.2, 0.25) is 0 Å². The van der Waals surface area contributed by atoms with E-state index in [0.717, 1.165) is 31.2 Å². The number of amides is 1. The molecule has 1 amide bonds. The van der Waals surface area contributed by atoms with Crippen molar-refractivity contribution in [1.82, 2.24) is 4.90 Å². The minimum absolute atomic E-state index is 0.0264. The molecule has 1 saturated heterocycles. The Hall–Kier alpha value is -2.45. The van der Waals surface area contributed by atoms with E-state index in [0.29, 0.717) is 33.2 Å². The van der Waals surface area contributed by atoms with Gasteiger partial charge in [-0.1, -0.05) is 57.1 Å². The molecule has 2 aromatic rings. The second kappa shape index (κ2) is 10.0. The maximum Gasteiger partial charge on any atom is 0.269 e. The monoisotopic (exact) mass is 444 g/mol. The summed E-state index contributed by atoms with van der Waals surface area (Å²) in [6, 6.07) is 9.71. The Balaban J connectivity index is 1.72. The van der Waals surface area contributed by atoms with Crippen LogP contribution in [0.3, 0.4) is 0 Å². The third-order valence-electron chi connectivity index (χ3n) is 5.12. The van der Waals surface area contributed by atoms with Crippen molar-refractivity contribution in [3.63, 3.8) is 0 Å². The number of nitrogens with zero attached hydrogens (tertiary/aromatic N) is 2. The van der Waals surface area contributed by atoms with Crippen LogP contribution in [0.4, 0.5) is 5.69 Å². The summed E-state index contributed by atoms with van der Waals surface area (Å²) in [4.78, 5) is 25.5. The van der Waals surface area contributed by atoms with Gasteiger partial charge in [0.15, 0.2) is 0 Å². The fourth-order valence-electron chi connectivity index (χ4n) is 3.30. The molecule has 0 spiro atoms. The zero-order valence-electron chi connectivity index (χ0n) is 17.0. The van der Waals surface area contributed by atoms with Crippen LogP contribution in [0.5, 0.6) is 0 Å². The average Bonchev–Trinajstić information content (AvgIpc) is 3.31. The van der Waals surface area contributed by atoms with Gasteiger partial charge >= 0.3 is 0 Å². The molecule has 0 bridgehead atoms. The Labute approximate surface area is 185 Å². The van der Waals surface area contributed by atoms with Crippen LogP contribution in [-0.2, 0) is 4.79 Å². The highest BCUT2D eigenvalue weighted by Crippen LogP contribution is 2.35. The van der Waals surface area contributed by atoms with E-state index >= 15 is 0 Å². The van der Waals surface area contributed by atoms with Crippen LogP contribution in [0.25, 0.3) is 17.4 Å². The van der Waals surface area contributed by atoms with Crippen molar-refractivity contribution in [2.24, 2.45) is 5.92 Å². The Morgan fingerprint density at radius 2 is 1.97 bits per heavy atom. The molecule has 8 heteroatoms. The van der Waals surface area contributed by atoms with E-state index in [1.165, 1.54) is 23.9 Å². The van der Waals surface area contributed by atoms with Gasteiger partial charge in [0, 0.05) is 30.3 Å². The summed E-state index contributed by atoms with van der Waals surface area (Å²) in [5.41, 5.74) is 0.757. The number of thiocarbonyl (C=S) groups is 1. The number of nitro benzene ring substituents is 1. The van der Waals surface area contributed by atoms with Crippen molar-refractivity contribution in [3.8, 4) is 11.3 Å². The lowest BCUT2D eigenvalue weighted by atomic mass is 9.99. The number of thioether (sulfide) groups is 1. The topological polar surface area (TPSA) is 76.6 Å². The molecule has 1 aromatic heterocycles. The molecule has 30 heavy (non-hydrogen) atoms. The summed E-state index contributed by atoms with van der Waals surface area (Å²) in [5, 5.41) is 10.8. The Morgan fingerprint density at radius 3 is 2.60 bits per heavy atom. The molecule has 1 atom stereocenters. The first kappa shape index (κ1) is 22.2. The van der Waals surface area contributed by atoms with Crippen LogP contribution in [0.15, 0.2) is 45.7 Å². The maximum absolute atomic E-state index is 12.9. The van der Waals surface area contributed by atoms with Gasteiger partial charge in [0.05, 0.1) is 9.83 Å². The highest BCUT2D eigenvalue weighted by molar-refractivity contribution is 8.26. The number of carbonyl (C=O) groups excluding carboxylic acids is 1. The van der Waals surface area contributed by atoms with Gasteiger partial charge in [0.25, 0.3) is 11.6 Å². The lowest BCUT2D eigenvalue weighted by Gasteiger charge is -2.21. The number of hydrogen-bond acceptors (Lipinski definition) is 6. The summed E-state index contributed by atoms with van der Waals surface area (Å²) >= 11 is 6.74. The summed E-state index contributed by atoms with van der Waals surface area (Å²) < 4.78 is 6.42. The molecular weight excluding hydrogens is 420 g/mol. The van der Waals surface area contributed by atoms with Gasteiger partial charge in [-0.05, 0) is 36.6 Å². The van der Waals surface area contributed by atoms with E-state index in [1.54, 1.807) is 35.2 Å². The van der Waals surface area contributed by atoms with Crippen molar-refractivity contribution < 1.29 is 14.1 Å². The molecule has 0 N–H and O–H groups in total. The molecule has 0 saturated carbocycles. The van der Waals surface area contributed by atoms with E-state index in [-0.39, 0.29) is 11.6 Å². The lowest BCUT2D eigenvalue weighted by molar-refractivity contribution is -0.384. The van der Waals surface area contributed by atoms with Crippen molar-refractivity contribution in [2.45, 2.75) is 39.5 Å². The maximum atomic E-state index is 12.9. The van der Waals surface area contributed by atoms with E-state index in [1.807, 2.05) is 0 Å². The fraction of sp³-hybridized carbons (Fsp3) is 0.364. The molecule has 0 aliphatic carbocycles. The van der Waals surface area contributed by atoms with Crippen molar-refractivity contribution in [2.75, 3.05) is 6.54 Å². The third-order valence-corrected chi connectivity index (χ3v) is 6.50. The minimum atomic E-state index is -0.440. The number of nitro groups is 1. The van der Waals surface area contributed by atoms with Crippen LogP contribution < -0.4 is 0 Å². The SMILES string of the molecule is CCCCC(CC)CN1C(=O)/C(=C/c2ccc(-c3ccc([N+](=O)[O-])cc3)o2)SC1=S. The lowest BCUT2D eigenvalue weighted by Crippen LogP contribution is -2.33. The minimum Gasteiger partial charge on any atom is -0.457 e. The first-order valence-corrected chi connectivity index (χ1v) is 11.3. The Kier molecular flexibility index (Phi) is 7.44. The van der Waals surface area contributed by atoms with Crippen LogP contribution in [-0.4, -0.2) is 26.6 Å². The van der Waals surface area contributed by atoms with Crippen molar-refractivity contribution in [1.29, 1.82) is 0 Å². The van der Waals surface area contributed by atoms with Gasteiger partial charge in [0.1, 0.15) is 15.8 Å². The summed E-state index contributed by atoms with van der Waals surface area (Å²) in [7, 11) is 0. The van der Waals surface area contributed by atoms with E-state index < -0.39 is 4.92 Å². The predicted octanol–water partition coefficient (Wildman–Crippen LogP) is 6.27. The molecule has 1 aromatic carbocycles. The van der Waals surface area contributed by atoms with Gasteiger partial charge in [-0.2, -0.15) is 0 Å². The summed E-state index contributed by atoms with van der Waals surface area (Å²) in [6.45, 7) is 4.98. The molecule has 6 nitrogen and oxygen atoms in total. The summed E-state index contributed by atoms with van der Waals surface area (Å²) in [6.07, 6.45) is 6.12. The van der Waals surface area contributed by atoms with Gasteiger partial charge in [-0.3, -0.25) is 19.8 Å². The van der Waals surface area contributed by atoms with E-state index in [4.69, 9.17) is 16.6 Å². The third kappa shape index (κ3) is 5.17. The molecule has 1 aliphatic rings. The van der Waals surface area contributed by atoms with Crippen LogP contribution in [0, 0.1) is 16.0 Å². The highest BCUT2D eigenvalue weighted by atomic mass is 32.2. The summed E-state index contributed by atoms with van der Waals surface area (Å²) in [5.74, 6) is 1.50. The number of benzene rings is 1. The number of non-ortho nitro benzene ring substituents is 1. The highest BCUT2D eigenvalue weighted by Gasteiger charge is 2.33. The van der Waals surface area contributed by atoms with Crippen LogP contribution >= 0.6 is 24.0 Å². The Bertz CT molecular complexity index is 966. The van der Waals surface area contributed by atoms with Gasteiger partial charge < -0.3 is 4.42 Å². The smallest absolute Gasteiger partial charge is 0.269 e. The van der Waals surface area contributed by atoms with Gasteiger partial charge in [-0.25, -0.2) is 0 Å².